The lowest BCUT2D eigenvalue weighted by molar-refractivity contribution is 0.0784. The summed E-state index contributed by atoms with van der Waals surface area (Å²) in [5.41, 5.74) is 3.44. The van der Waals surface area contributed by atoms with Crippen molar-refractivity contribution < 1.29 is 9.18 Å². The van der Waals surface area contributed by atoms with E-state index < -0.39 is 0 Å². The number of nitrogens with zero attached hydrogens (tertiary/aromatic N) is 1. The molecule has 0 radical (unpaired) electrons. The van der Waals surface area contributed by atoms with Crippen LogP contribution in [0, 0.1) is 5.82 Å². The average Bonchev–Trinajstić information content (AvgIpc) is 2.96. The Morgan fingerprint density at radius 2 is 2.10 bits per heavy atom. The highest BCUT2D eigenvalue weighted by molar-refractivity contribution is 5.94. The number of amides is 1. The first-order valence-corrected chi connectivity index (χ1v) is 7.01. The van der Waals surface area contributed by atoms with Gasteiger partial charge in [0.1, 0.15) is 5.82 Å². The van der Waals surface area contributed by atoms with E-state index in [0.717, 1.165) is 18.7 Å². The number of halogens is 1. The zero-order valence-electron chi connectivity index (χ0n) is 11.9. The molecule has 0 aliphatic carbocycles. The second kappa shape index (κ2) is 5.56. The fraction of sp³-hybridized carbons (Fsp3) is 0.235. The zero-order chi connectivity index (χ0) is 14.8. The molecule has 1 aliphatic rings. The van der Waals surface area contributed by atoms with Crippen molar-refractivity contribution in [1.29, 1.82) is 0 Å². The largest absolute Gasteiger partial charge is 0.384 e. The van der Waals surface area contributed by atoms with Gasteiger partial charge in [-0.05, 0) is 36.2 Å². The molecule has 0 saturated carbocycles. The minimum Gasteiger partial charge on any atom is -0.384 e. The van der Waals surface area contributed by atoms with Crippen LogP contribution >= 0.6 is 0 Å². The van der Waals surface area contributed by atoms with Gasteiger partial charge < -0.3 is 10.2 Å². The third kappa shape index (κ3) is 2.75. The molecule has 4 heteroatoms. The van der Waals surface area contributed by atoms with Crippen molar-refractivity contribution in [2.45, 2.75) is 13.0 Å². The Morgan fingerprint density at radius 1 is 1.29 bits per heavy atom. The minimum absolute atomic E-state index is 0.0899. The quantitative estimate of drug-likeness (QED) is 0.939. The van der Waals surface area contributed by atoms with Gasteiger partial charge in [-0.2, -0.15) is 0 Å². The number of hydrogen-bond acceptors (Lipinski definition) is 2. The molecule has 0 unspecified atom stereocenters. The Morgan fingerprint density at radius 3 is 2.90 bits per heavy atom. The van der Waals surface area contributed by atoms with Crippen molar-refractivity contribution in [3.05, 3.63) is 65.0 Å². The molecular formula is C17H17FN2O. The highest BCUT2D eigenvalue weighted by atomic mass is 19.1. The number of anilines is 1. The Balaban J connectivity index is 1.77. The molecule has 1 amide bonds. The second-order valence-electron chi connectivity index (χ2n) is 5.30. The van der Waals surface area contributed by atoms with E-state index in [1.165, 1.54) is 11.6 Å². The predicted octanol–water partition coefficient (Wildman–Crippen LogP) is 3.07. The molecule has 108 valence electrons. The van der Waals surface area contributed by atoms with Crippen LogP contribution in [0.2, 0.25) is 0 Å². The molecule has 1 heterocycles. The Kier molecular flexibility index (Phi) is 3.60. The molecule has 3 rings (SSSR count). The van der Waals surface area contributed by atoms with E-state index in [0.29, 0.717) is 11.1 Å². The molecular weight excluding hydrogens is 267 g/mol. The SMILES string of the molecule is CN(Cc1ccccc1F)C(=O)c1ccc2c(c1)CCN2. The van der Waals surface area contributed by atoms with Crippen molar-refractivity contribution in [3.8, 4) is 0 Å². The standard InChI is InChI=1S/C17H17FN2O/c1-20(11-14-4-2-3-5-15(14)18)17(21)13-6-7-16-12(10-13)8-9-19-16/h2-7,10,19H,8-9,11H2,1H3. The summed E-state index contributed by atoms with van der Waals surface area (Å²) in [6.45, 7) is 1.18. The summed E-state index contributed by atoms with van der Waals surface area (Å²) in [5, 5.41) is 3.27. The molecule has 0 saturated heterocycles. The van der Waals surface area contributed by atoms with Crippen molar-refractivity contribution in [2.24, 2.45) is 0 Å². The van der Waals surface area contributed by atoms with Crippen molar-refractivity contribution in [3.63, 3.8) is 0 Å². The molecule has 0 aromatic heterocycles. The lowest BCUT2D eigenvalue weighted by Gasteiger charge is -2.18. The molecule has 0 fully saturated rings. The number of nitrogens with one attached hydrogen (secondary N) is 1. The molecule has 2 aromatic carbocycles. The predicted molar refractivity (Wildman–Crippen MR) is 80.8 cm³/mol. The average molecular weight is 284 g/mol. The summed E-state index contributed by atoms with van der Waals surface area (Å²) >= 11 is 0. The molecule has 0 bridgehead atoms. The van der Waals surface area contributed by atoms with Gasteiger partial charge in [0.15, 0.2) is 0 Å². The molecule has 1 aliphatic heterocycles. The molecule has 2 aromatic rings. The van der Waals surface area contributed by atoms with Crippen LogP contribution in [0.25, 0.3) is 0 Å². The van der Waals surface area contributed by atoms with Crippen LogP contribution in [-0.2, 0) is 13.0 Å². The highest BCUT2D eigenvalue weighted by Crippen LogP contribution is 2.23. The number of rotatable bonds is 3. The lowest BCUT2D eigenvalue weighted by atomic mass is 10.1. The van der Waals surface area contributed by atoms with Gasteiger partial charge in [0, 0.05) is 37.0 Å². The first-order valence-electron chi connectivity index (χ1n) is 7.01. The monoisotopic (exact) mass is 284 g/mol. The summed E-state index contributed by atoms with van der Waals surface area (Å²) in [6.07, 6.45) is 0.938. The molecule has 1 N–H and O–H groups in total. The van der Waals surface area contributed by atoms with E-state index in [1.54, 1.807) is 30.1 Å². The van der Waals surface area contributed by atoms with Gasteiger partial charge in [0.05, 0.1) is 0 Å². The highest BCUT2D eigenvalue weighted by Gasteiger charge is 2.17. The van der Waals surface area contributed by atoms with Crippen molar-refractivity contribution >= 4 is 11.6 Å². The maximum absolute atomic E-state index is 13.6. The number of fused-ring (bicyclic) bond motifs is 1. The molecule has 0 spiro atoms. The van der Waals surface area contributed by atoms with Gasteiger partial charge in [-0.15, -0.1) is 0 Å². The van der Waals surface area contributed by atoms with Gasteiger partial charge in [0.25, 0.3) is 5.91 Å². The topological polar surface area (TPSA) is 32.3 Å². The minimum atomic E-state index is -0.282. The first kappa shape index (κ1) is 13.6. The van der Waals surface area contributed by atoms with Crippen LogP contribution in [0.4, 0.5) is 10.1 Å². The van der Waals surface area contributed by atoms with Crippen LogP contribution < -0.4 is 5.32 Å². The Bertz CT molecular complexity index is 684. The van der Waals surface area contributed by atoms with Gasteiger partial charge in [-0.1, -0.05) is 18.2 Å². The van der Waals surface area contributed by atoms with Crippen LogP contribution in [-0.4, -0.2) is 24.4 Å². The van der Waals surface area contributed by atoms with Gasteiger partial charge in [0.2, 0.25) is 0 Å². The lowest BCUT2D eigenvalue weighted by Crippen LogP contribution is -2.26. The van der Waals surface area contributed by atoms with E-state index >= 15 is 0 Å². The Hall–Kier alpha value is -2.36. The van der Waals surface area contributed by atoms with E-state index in [9.17, 15) is 9.18 Å². The number of carbonyl (C=O) groups excluding carboxylic acids is 1. The maximum atomic E-state index is 13.6. The second-order valence-corrected chi connectivity index (χ2v) is 5.30. The summed E-state index contributed by atoms with van der Waals surface area (Å²) in [6, 6.07) is 12.2. The van der Waals surface area contributed by atoms with Crippen molar-refractivity contribution in [2.75, 3.05) is 18.9 Å². The normalized spacial score (nSPS) is 12.7. The number of carbonyl (C=O) groups is 1. The third-order valence-electron chi connectivity index (χ3n) is 3.77. The summed E-state index contributed by atoms with van der Waals surface area (Å²) < 4.78 is 13.6. The van der Waals surface area contributed by atoms with E-state index in [-0.39, 0.29) is 18.3 Å². The zero-order valence-corrected chi connectivity index (χ0v) is 11.9. The van der Waals surface area contributed by atoms with E-state index in [2.05, 4.69) is 5.32 Å². The third-order valence-corrected chi connectivity index (χ3v) is 3.77. The van der Waals surface area contributed by atoms with Crippen molar-refractivity contribution in [1.82, 2.24) is 4.90 Å². The number of benzene rings is 2. The fourth-order valence-corrected chi connectivity index (χ4v) is 2.61. The molecule has 3 nitrogen and oxygen atoms in total. The van der Waals surface area contributed by atoms with Gasteiger partial charge >= 0.3 is 0 Å². The van der Waals surface area contributed by atoms with Gasteiger partial charge in [-0.25, -0.2) is 4.39 Å². The van der Waals surface area contributed by atoms with Crippen LogP contribution in [0.1, 0.15) is 21.5 Å². The fourth-order valence-electron chi connectivity index (χ4n) is 2.61. The Labute approximate surface area is 123 Å². The van der Waals surface area contributed by atoms with Crippen LogP contribution in [0.15, 0.2) is 42.5 Å². The summed E-state index contributed by atoms with van der Waals surface area (Å²) in [7, 11) is 1.69. The first-order chi connectivity index (χ1) is 10.1. The molecule has 0 atom stereocenters. The van der Waals surface area contributed by atoms with Crippen LogP contribution in [0.5, 0.6) is 0 Å². The molecule has 21 heavy (non-hydrogen) atoms. The smallest absolute Gasteiger partial charge is 0.253 e. The number of hydrogen-bond donors (Lipinski definition) is 1. The summed E-state index contributed by atoms with van der Waals surface area (Å²) in [5.74, 6) is -0.372. The van der Waals surface area contributed by atoms with E-state index in [4.69, 9.17) is 0 Å². The van der Waals surface area contributed by atoms with Gasteiger partial charge in [-0.3, -0.25) is 4.79 Å². The van der Waals surface area contributed by atoms with Crippen LogP contribution in [0.3, 0.4) is 0 Å². The maximum Gasteiger partial charge on any atom is 0.253 e. The summed E-state index contributed by atoms with van der Waals surface area (Å²) in [4.78, 5) is 14.0. The van der Waals surface area contributed by atoms with E-state index in [1.807, 2.05) is 18.2 Å².